The Balaban J connectivity index is 2.73. The predicted octanol–water partition coefficient (Wildman–Crippen LogP) is 1.75. The molecule has 3 N–H and O–H groups in total. The van der Waals surface area contributed by atoms with Gasteiger partial charge in [0.05, 0.1) is 5.69 Å². The Hall–Kier alpha value is -0.660. The molecule has 0 unspecified atom stereocenters. The number of nitrogens with zero attached hydrogens (tertiary/aromatic N) is 1. The molecule has 0 radical (unpaired) electrons. The highest BCUT2D eigenvalue weighted by Crippen LogP contribution is 2.25. The van der Waals surface area contributed by atoms with Crippen molar-refractivity contribution >= 4 is 26.5 Å². The third-order valence-corrected chi connectivity index (χ3v) is 5.24. The van der Waals surface area contributed by atoms with Gasteiger partial charge in [0.15, 0.2) is 9.34 Å². The van der Waals surface area contributed by atoms with Gasteiger partial charge in [-0.25, -0.2) is 18.1 Å². The zero-order chi connectivity index (χ0) is 13.3. The first kappa shape index (κ1) is 14.4. The average Bonchev–Trinajstić information content (AvgIpc) is 2.43. The van der Waals surface area contributed by atoms with Crippen molar-refractivity contribution in [1.29, 1.82) is 0 Å². The van der Waals surface area contributed by atoms with E-state index >= 15 is 0 Å². The first-order chi connectivity index (χ1) is 7.62. The predicted molar refractivity (Wildman–Crippen MR) is 70.5 cm³/mol. The maximum atomic E-state index is 12.0. The summed E-state index contributed by atoms with van der Waals surface area (Å²) in [6.07, 6.45) is 0.777. The molecule has 0 aromatic carbocycles. The minimum atomic E-state index is -3.47. The van der Waals surface area contributed by atoms with Crippen molar-refractivity contribution in [1.82, 2.24) is 9.71 Å². The number of nitrogen functional groups attached to an aromatic ring is 1. The minimum absolute atomic E-state index is 0.101. The second-order valence-electron chi connectivity index (χ2n) is 5.13. The molecule has 1 aromatic heterocycles. The highest BCUT2D eigenvalue weighted by molar-refractivity contribution is 7.91. The summed E-state index contributed by atoms with van der Waals surface area (Å²) in [5, 5.41) is 0.277. The van der Waals surface area contributed by atoms with Gasteiger partial charge in [0, 0.05) is 6.54 Å². The Labute approximate surface area is 106 Å². The fourth-order valence-corrected chi connectivity index (χ4v) is 3.65. The van der Waals surface area contributed by atoms with Gasteiger partial charge in [0.1, 0.15) is 0 Å². The molecule has 0 fully saturated rings. The first-order valence-corrected chi connectivity index (χ1v) is 7.64. The Morgan fingerprint density at radius 1 is 1.41 bits per heavy atom. The molecule has 1 rings (SSSR count). The molecule has 5 nitrogen and oxygen atoms in total. The number of sulfonamides is 1. The van der Waals surface area contributed by atoms with E-state index in [1.165, 1.54) is 0 Å². The molecule has 98 valence electrons. The van der Waals surface area contributed by atoms with E-state index in [0.717, 1.165) is 17.8 Å². The fourth-order valence-electron chi connectivity index (χ4n) is 1.28. The SMILES string of the molecule is Cc1nc(N)sc1S(=O)(=O)NCCC(C)(C)C. The fraction of sp³-hybridized carbons (Fsp3) is 0.700. The van der Waals surface area contributed by atoms with Crippen LogP contribution in [0.15, 0.2) is 4.21 Å². The minimum Gasteiger partial charge on any atom is -0.375 e. The lowest BCUT2D eigenvalue weighted by Crippen LogP contribution is -2.27. The van der Waals surface area contributed by atoms with Gasteiger partial charge in [-0.05, 0) is 18.8 Å². The molecule has 0 saturated heterocycles. The second kappa shape index (κ2) is 4.91. The van der Waals surface area contributed by atoms with Crippen LogP contribution >= 0.6 is 11.3 Å². The lowest BCUT2D eigenvalue weighted by Gasteiger charge is -2.17. The van der Waals surface area contributed by atoms with E-state index in [9.17, 15) is 8.42 Å². The van der Waals surface area contributed by atoms with Crippen LogP contribution in [-0.2, 0) is 10.0 Å². The number of thiazole rings is 1. The second-order valence-corrected chi connectivity index (χ2v) is 8.13. The van der Waals surface area contributed by atoms with Crippen molar-refractivity contribution in [2.45, 2.75) is 38.3 Å². The van der Waals surface area contributed by atoms with E-state index in [-0.39, 0.29) is 14.8 Å². The van der Waals surface area contributed by atoms with Crippen LogP contribution in [0.5, 0.6) is 0 Å². The molecule has 1 aromatic rings. The van der Waals surface area contributed by atoms with Crippen molar-refractivity contribution in [3.8, 4) is 0 Å². The third-order valence-electron chi connectivity index (χ3n) is 2.18. The van der Waals surface area contributed by atoms with Gasteiger partial charge in [0.25, 0.3) is 10.0 Å². The van der Waals surface area contributed by atoms with E-state index < -0.39 is 10.0 Å². The zero-order valence-electron chi connectivity index (χ0n) is 10.6. The van der Waals surface area contributed by atoms with E-state index in [2.05, 4.69) is 30.5 Å². The van der Waals surface area contributed by atoms with Gasteiger partial charge < -0.3 is 5.73 Å². The van der Waals surface area contributed by atoms with Crippen molar-refractivity contribution in [3.05, 3.63) is 5.69 Å². The molecular formula is C10H19N3O2S2. The van der Waals surface area contributed by atoms with Crippen LogP contribution in [0.3, 0.4) is 0 Å². The van der Waals surface area contributed by atoms with Crippen molar-refractivity contribution in [2.24, 2.45) is 5.41 Å². The number of hydrogen-bond acceptors (Lipinski definition) is 5. The molecular weight excluding hydrogens is 258 g/mol. The summed E-state index contributed by atoms with van der Waals surface area (Å²) < 4.78 is 26.7. The quantitative estimate of drug-likeness (QED) is 0.878. The summed E-state index contributed by atoms with van der Waals surface area (Å²) in [4.78, 5) is 3.91. The largest absolute Gasteiger partial charge is 0.375 e. The molecule has 0 saturated carbocycles. The molecule has 0 atom stereocenters. The average molecular weight is 277 g/mol. The number of hydrogen-bond donors (Lipinski definition) is 2. The van der Waals surface area contributed by atoms with Crippen LogP contribution < -0.4 is 10.5 Å². The molecule has 7 heteroatoms. The number of nitrogens with one attached hydrogen (secondary N) is 1. The Morgan fingerprint density at radius 2 is 2.00 bits per heavy atom. The van der Waals surface area contributed by atoms with Crippen LogP contribution in [0.1, 0.15) is 32.9 Å². The third kappa shape index (κ3) is 4.25. The number of aryl methyl sites for hydroxylation is 1. The van der Waals surface area contributed by atoms with Crippen LogP contribution in [0.4, 0.5) is 5.13 Å². The summed E-state index contributed by atoms with van der Waals surface area (Å²) in [6.45, 7) is 8.26. The number of anilines is 1. The monoisotopic (exact) mass is 277 g/mol. The summed E-state index contributed by atoms with van der Waals surface area (Å²) in [5.41, 5.74) is 6.05. The standard InChI is InChI=1S/C10H19N3O2S2/c1-7-8(16-9(11)13-7)17(14,15)12-6-5-10(2,3)4/h12H,5-6H2,1-4H3,(H2,11,13). The lowest BCUT2D eigenvalue weighted by molar-refractivity contribution is 0.378. The normalized spacial score (nSPS) is 12.9. The molecule has 0 amide bonds. The zero-order valence-corrected chi connectivity index (χ0v) is 12.2. The topological polar surface area (TPSA) is 85.1 Å². The van der Waals surface area contributed by atoms with Crippen molar-refractivity contribution in [2.75, 3.05) is 12.3 Å². The van der Waals surface area contributed by atoms with Crippen molar-refractivity contribution < 1.29 is 8.42 Å². The lowest BCUT2D eigenvalue weighted by atomic mass is 9.93. The van der Waals surface area contributed by atoms with Crippen LogP contribution in [0.2, 0.25) is 0 Å². The smallest absolute Gasteiger partial charge is 0.252 e. The van der Waals surface area contributed by atoms with Gasteiger partial charge in [-0.2, -0.15) is 0 Å². The molecule has 0 spiro atoms. The summed E-state index contributed by atoms with van der Waals surface area (Å²) in [6, 6.07) is 0. The molecule has 0 aliphatic rings. The summed E-state index contributed by atoms with van der Waals surface area (Å²) >= 11 is 0.995. The van der Waals surface area contributed by atoms with Gasteiger partial charge in [-0.15, -0.1) is 0 Å². The Bertz CT molecular complexity index is 486. The first-order valence-electron chi connectivity index (χ1n) is 5.34. The summed E-state index contributed by atoms with van der Waals surface area (Å²) in [5.74, 6) is 0. The molecule has 17 heavy (non-hydrogen) atoms. The van der Waals surface area contributed by atoms with Gasteiger partial charge in [0.2, 0.25) is 0 Å². The number of aromatic nitrogens is 1. The Morgan fingerprint density at radius 3 is 2.41 bits per heavy atom. The van der Waals surface area contributed by atoms with Crippen molar-refractivity contribution in [3.63, 3.8) is 0 Å². The van der Waals surface area contributed by atoms with Gasteiger partial charge in [-0.3, -0.25) is 0 Å². The highest BCUT2D eigenvalue weighted by atomic mass is 32.2. The van der Waals surface area contributed by atoms with Crippen LogP contribution in [0.25, 0.3) is 0 Å². The number of rotatable bonds is 4. The van der Waals surface area contributed by atoms with Gasteiger partial charge >= 0.3 is 0 Å². The maximum absolute atomic E-state index is 12.0. The van der Waals surface area contributed by atoms with E-state index in [4.69, 9.17) is 5.73 Å². The van der Waals surface area contributed by atoms with Crippen LogP contribution in [0, 0.1) is 12.3 Å². The van der Waals surface area contributed by atoms with E-state index in [1.807, 2.05) is 0 Å². The molecule has 0 aliphatic heterocycles. The molecule has 0 aliphatic carbocycles. The van der Waals surface area contributed by atoms with Gasteiger partial charge in [-0.1, -0.05) is 32.1 Å². The Kier molecular flexibility index (Phi) is 4.16. The molecule has 0 bridgehead atoms. The summed E-state index contributed by atoms with van der Waals surface area (Å²) in [7, 11) is -3.47. The van der Waals surface area contributed by atoms with E-state index in [0.29, 0.717) is 12.2 Å². The molecule has 1 heterocycles. The number of nitrogens with two attached hydrogens (primary N) is 1. The van der Waals surface area contributed by atoms with E-state index in [1.54, 1.807) is 6.92 Å². The maximum Gasteiger partial charge on any atom is 0.252 e. The van der Waals surface area contributed by atoms with Crippen LogP contribution in [-0.4, -0.2) is 19.9 Å². The highest BCUT2D eigenvalue weighted by Gasteiger charge is 2.21.